The summed E-state index contributed by atoms with van der Waals surface area (Å²) >= 11 is 0. The lowest BCUT2D eigenvalue weighted by atomic mass is 10.0. The molecule has 0 saturated heterocycles. The first-order chi connectivity index (χ1) is 11.7. The first-order valence-corrected chi connectivity index (χ1v) is 8.32. The summed E-state index contributed by atoms with van der Waals surface area (Å²) in [5, 5.41) is 0. The lowest BCUT2D eigenvalue weighted by molar-refractivity contribution is 0.109. The Hall–Kier alpha value is -2.52. The van der Waals surface area contributed by atoms with Crippen molar-refractivity contribution >= 4 is 0 Å². The Labute approximate surface area is 142 Å². The molecule has 0 fully saturated rings. The zero-order valence-corrected chi connectivity index (χ0v) is 14.0. The van der Waals surface area contributed by atoms with Gasteiger partial charge in [-0.3, -0.25) is 0 Å². The molecule has 2 aromatic carbocycles. The van der Waals surface area contributed by atoms with Crippen LogP contribution in [0.3, 0.4) is 0 Å². The Morgan fingerprint density at radius 3 is 2.08 bits per heavy atom. The highest BCUT2D eigenvalue weighted by Crippen LogP contribution is 2.30. The maximum absolute atomic E-state index is 5.66. The zero-order chi connectivity index (χ0) is 16.5. The number of nitrogens with zero attached hydrogens (tertiary/aromatic N) is 2. The van der Waals surface area contributed by atoms with Gasteiger partial charge < -0.3 is 4.74 Å². The molecule has 0 N–H and O–H groups in total. The minimum atomic E-state index is 0.590. The monoisotopic (exact) mass is 316 g/mol. The summed E-state index contributed by atoms with van der Waals surface area (Å²) in [4.78, 5) is 9.72. The molecular weight excluding hydrogens is 296 g/mol. The average Bonchev–Trinajstić information content (AvgIpc) is 2.62. The van der Waals surface area contributed by atoms with Crippen molar-refractivity contribution in [2.24, 2.45) is 0 Å². The van der Waals surface area contributed by atoms with Crippen LogP contribution in [0.2, 0.25) is 0 Å². The maximum atomic E-state index is 5.66. The molecule has 0 amide bonds. The standard InChI is InChI=1S/C21H20N2O/c1-14-3-7-16(8-4-14)20-18-13-24-12-11-19(18)22-21(23-20)17-9-5-15(2)6-10-17/h3-10H,11-13H2,1-2H3. The number of fused-ring (bicyclic) bond motifs is 1. The molecule has 0 aliphatic carbocycles. The predicted octanol–water partition coefficient (Wildman–Crippen LogP) is 4.50. The summed E-state index contributed by atoms with van der Waals surface area (Å²) in [5.74, 6) is 0.797. The number of ether oxygens (including phenoxy) is 1. The van der Waals surface area contributed by atoms with Crippen LogP contribution < -0.4 is 0 Å². The second-order valence-electron chi connectivity index (χ2n) is 6.36. The highest BCUT2D eigenvalue weighted by molar-refractivity contribution is 5.68. The van der Waals surface area contributed by atoms with Gasteiger partial charge in [-0.2, -0.15) is 0 Å². The minimum Gasteiger partial charge on any atom is -0.376 e. The molecule has 120 valence electrons. The van der Waals surface area contributed by atoms with E-state index in [0.29, 0.717) is 6.61 Å². The van der Waals surface area contributed by atoms with Crippen LogP contribution in [0.5, 0.6) is 0 Å². The molecule has 1 aliphatic heterocycles. The van der Waals surface area contributed by atoms with E-state index in [1.165, 1.54) is 11.1 Å². The van der Waals surface area contributed by atoms with Crippen molar-refractivity contribution in [1.82, 2.24) is 9.97 Å². The lowest BCUT2D eigenvalue weighted by Gasteiger charge is -2.20. The highest BCUT2D eigenvalue weighted by Gasteiger charge is 2.19. The summed E-state index contributed by atoms with van der Waals surface area (Å²) in [5.41, 5.74) is 7.90. The smallest absolute Gasteiger partial charge is 0.160 e. The zero-order valence-electron chi connectivity index (χ0n) is 14.0. The van der Waals surface area contributed by atoms with Crippen LogP contribution in [0.1, 0.15) is 22.4 Å². The largest absolute Gasteiger partial charge is 0.376 e. The third-order valence-corrected chi connectivity index (χ3v) is 4.46. The Kier molecular flexibility index (Phi) is 3.87. The van der Waals surface area contributed by atoms with Gasteiger partial charge in [-0.15, -0.1) is 0 Å². The summed E-state index contributed by atoms with van der Waals surface area (Å²) in [6, 6.07) is 16.9. The number of aromatic nitrogens is 2. The van der Waals surface area contributed by atoms with Crippen LogP contribution in [0, 0.1) is 13.8 Å². The molecule has 24 heavy (non-hydrogen) atoms. The first kappa shape index (κ1) is 15.0. The third-order valence-electron chi connectivity index (χ3n) is 4.46. The summed E-state index contributed by atoms with van der Waals surface area (Å²) in [6.07, 6.45) is 0.843. The number of hydrogen-bond acceptors (Lipinski definition) is 3. The van der Waals surface area contributed by atoms with Crippen LogP contribution >= 0.6 is 0 Å². The Morgan fingerprint density at radius 2 is 1.42 bits per heavy atom. The molecular formula is C21H20N2O. The van der Waals surface area contributed by atoms with E-state index >= 15 is 0 Å². The second kappa shape index (κ2) is 6.17. The van der Waals surface area contributed by atoms with Crippen LogP contribution in [0.25, 0.3) is 22.6 Å². The fraction of sp³-hybridized carbons (Fsp3) is 0.238. The highest BCUT2D eigenvalue weighted by atomic mass is 16.5. The van der Waals surface area contributed by atoms with Gasteiger partial charge in [-0.1, -0.05) is 59.7 Å². The van der Waals surface area contributed by atoms with E-state index in [0.717, 1.165) is 46.9 Å². The van der Waals surface area contributed by atoms with Gasteiger partial charge in [0.2, 0.25) is 0 Å². The van der Waals surface area contributed by atoms with Gasteiger partial charge in [0.25, 0.3) is 0 Å². The van der Waals surface area contributed by atoms with Crippen LogP contribution in [-0.4, -0.2) is 16.6 Å². The van der Waals surface area contributed by atoms with E-state index in [4.69, 9.17) is 14.7 Å². The molecule has 4 rings (SSSR count). The molecule has 0 unspecified atom stereocenters. The SMILES string of the molecule is Cc1ccc(-c2nc3c(c(-c4ccc(C)cc4)n2)COCC3)cc1. The van der Waals surface area contributed by atoms with E-state index in [2.05, 4.69) is 62.4 Å². The van der Waals surface area contributed by atoms with Gasteiger partial charge in [-0.05, 0) is 13.8 Å². The summed E-state index contributed by atoms with van der Waals surface area (Å²) in [6.45, 7) is 5.50. The van der Waals surface area contributed by atoms with E-state index < -0.39 is 0 Å². The van der Waals surface area contributed by atoms with Gasteiger partial charge in [0.1, 0.15) is 0 Å². The van der Waals surface area contributed by atoms with Crippen molar-refractivity contribution in [2.75, 3.05) is 6.61 Å². The van der Waals surface area contributed by atoms with Gasteiger partial charge in [0.15, 0.2) is 5.82 Å². The average molecular weight is 316 g/mol. The van der Waals surface area contributed by atoms with Gasteiger partial charge in [0.05, 0.1) is 24.6 Å². The molecule has 2 heterocycles. The van der Waals surface area contributed by atoms with Crippen LogP contribution in [0.4, 0.5) is 0 Å². The fourth-order valence-electron chi connectivity index (χ4n) is 3.01. The number of benzene rings is 2. The Morgan fingerprint density at radius 1 is 0.792 bits per heavy atom. The van der Waals surface area contributed by atoms with E-state index in [9.17, 15) is 0 Å². The molecule has 0 saturated carbocycles. The quantitative estimate of drug-likeness (QED) is 0.698. The molecule has 1 aliphatic rings. The van der Waals surface area contributed by atoms with E-state index in [1.54, 1.807) is 0 Å². The molecule has 0 bridgehead atoms. The van der Waals surface area contributed by atoms with Gasteiger partial charge >= 0.3 is 0 Å². The number of rotatable bonds is 2. The topological polar surface area (TPSA) is 35.0 Å². The van der Waals surface area contributed by atoms with Crippen molar-refractivity contribution in [3.63, 3.8) is 0 Å². The third kappa shape index (κ3) is 2.83. The molecule has 0 spiro atoms. The minimum absolute atomic E-state index is 0.590. The van der Waals surface area contributed by atoms with Crippen molar-refractivity contribution in [1.29, 1.82) is 0 Å². The number of aryl methyl sites for hydroxylation is 2. The Balaban J connectivity index is 1.89. The van der Waals surface area contributed by atoms with Crippen molar-refractivity contribution < 1.29 is 4.74 Å². The van der Waals surface area contributed by atoms with Crippen molar-refractivity contribution in [3.8, 4) is 22.6 Å². The fourth-order valence-corrected chi connectivity index (χ4v) is 3.01. The van der Waals surface area contributed by atoms with Crippen LogP contribution in [-0.2, 0) is 17.8 Å². The molecule has 1 aromatic heterocycles. The molecule has 3 aromatic rings. The second-order valence-corrected chi connectivity index (χ2v) is 6.36. The molecule has 0 radical (unpaired) electrons. The summed E-state index contributed by atoms with van der Waals surface area (Å²) in [7, 11) is 0. The van der Waals surface area contributed by atoms with Gasteiger partial charge in [0, 0.05) is 23.1 Å². The van der Waals surface area contributed by atoms with E-state index in [-0.39, 0.29) is 0 Å². The first-order valence-electron chi connectivity index (χ1n) is 8.32. The van der Waals surface area contributed by atoms with Crippen LogP contribution in [0.15, 0.2) is 48.5 Å². The normalized spacial score (nSPS) is 13.6. The summed E-state index contributed by atoms with van der Waals surface area (Å²) < 4.78 is 5.66. The molecule has 3 nitrogen and oxygen atoms in total. The van der Waals surface area contributed by atoms with Crippen molar-refractivity contribution in [2.45, 2.75) is 26.9 Å². The number of hydrogen-bond donors (Lipinski definition) is 0. The maximum Gasteiger partial charge on any atom is 0.160 e. The molecule has 0 atom stereocenters. The predicted molar refractivity (Wildman–Crippen MR) is 95.7 cm³/mol. The molecule has 3 heteroatoms. The van der Waals surface area contributed by atoms with Gasteiger partial charge in [-0.25, -0.2) is 9.97 Å². The Bertz CT molecular complexity index is 868. The van der Waals surface area contributed by atoms with Crippen molar-refractivity contribution in [3.05, 3.63) is 70.9 Å². The van der Waals surface area contributed by atoms with E-state index in [1.807, 2.05) is 0 Å². The lowest BCUT2D eigenvalue weighted by Crippen LogP contribution is -2.15.